The predicted molar refractivity (Wildman–Crippen MR) is 119 cm³/mol. The van der Waals surface area contributed by atoms with Crippen LogP contribution in [0.1, 0.15) is 18.9 Å². The number of hydrogen-bond donors (Lipinski definition) is 1. The molecule has 0 saturated heterocycles. The zero-order chi connectivity index (χ0) is 22.1. The quantitative estimate of drug-likeness (QED) is 0.423. The lowest BCUT2D eigenvalue weighted by molar-refractivity contribution is -0.143. The highest BCUT2D eigenvalue weighted by Gasteiger charge is 2.15. The molecule has 7 nitrogen and oxygen atoms in total. The van der Waals surface area contributed by atoms with Crippen molar-refractivity contribution in [3.63, 3.8) is 0 Å². The number of nitrogens with one attached hydrogen (secondary N) is 1. The van der Waals surface area contributed by atoms with Crippen LogP contribution >= 0.6 is 0 Å². The van der Waals surface area contributed by atoms with E-state index in [0.717, 1.165) is 17.7 Å². The maximum absolute atomic E-state index is 12.1. The van der Waals surface area contributed by atoms with E-state index in [-0.39, 0.29) is 12.5 Å². The standard InChI is InChI=1S/C24H25N3O4/c1-3-15-25-22(28)17-31-23(29)14-13-18-16-27(19-9-5-4-6-10-19)26-24(18)20-11-7-8-12-21(20)30-2/h4-14,16H,3,15,17H2,1-2H3,(H,25,28)/b14-13+. The molecule has 3 aromatic rings. The maximum atomic E-state index is 12.1. The summed E-state index contributed by atoms with van der Waals surface area (Å²) in [6, 6.07) is 17.2. The molecule has 0 saturated carbocycles. The third-order valence-electron chi connectivity index (χ3n) is 4.44. The van der Waals surface area contributed by atoms with Crippen LogP contribution in [0.15, 0.2) is 66.9 Å². The molecule has 0 atom stereocenters. The first-order chi connectivity index (χ1) is 15.1. The summed E-state index contributed by atoms with van der Waals surface area (Å²) < 4.78 is 12.2. The Balaban J connectivity index is 1.86. The van der Waals surface area contributed by atoms with E-state index >= 15 is 0 Å². The zero-order valence-corrected chi connectivity index (χ0v) is 17.6. The van der Waals surface area contributed by atoms with E-state index in [0.29, 0.717) is 23.6 Å². The van der Waals surface area contributed by atoms with Crippen molar-refractivity contribution in [2.45, 2.75) is 13.3 Å². The summed E-state index contributed by atoms with van der Waals surface area (Å²) in [6.45, 7) is 2.18. The molecule has 3 rings (SSSR count). The first kappa shape index (κ1) is 21.8. The third-order valence-corrected chi connectivity index (χ3v) is 4.44. The molecular formula is C24H25N3O4. The van der Waals surface area contributed by atoms with Gasteiger partial charge in [-0.25, -0.2) is 9.48 Å². The number of amides is 1. The largest absolute Gasteiger partial charge is 0.496 e. The highest BCUT2D eigenvalue weighted by Crippen LogP contribution is 2.32. The van der Waals surface area contributed by atoms with Crippen LogP contribution in [0.2, 0.25) is 0 Å². The predicted octanol–water partition coefficient (Wildman–Crippen LogP) is 3.63. The van der Waals surface area contributed by atoms with Gasteiger partial charge in [-0.05, 0) is 36.8 Å². The highest BCUT2D eigenvalue weighted by atomic mass is 16.5. The lowest BCUT2D eigenvalue weighted by Crippen LogP contribution is -2.28. The second kappa shape index (κ2) is 10.8. The molecule has 160 valence electrons. The van der Waals surface area contributed by atoms with E-state index in [1.807, 2.05) is 67.7 Å². The Hall–Kier alpha value is -3.87. The average Bonchev–Trinajstić information content (AvgIpc) is 3.24. The molecule has 0 aliphatic rings. The molecule has 0 fully saturated rings. The van der Waals surface area contributed by atoms with Gasteiger partial charge in [0.2, 0.25) is 0 Å². The number of carbonyl (C=O) groups is 2. The van der Waals surface area contributed by atoms with Gasteiger partial charge >= 0.3 is 5.97 Å². The molecular weight excluding hydrogens is 394 g/mol. The minimum absolute atomic E-state index is 0.314. The SMILES string of the molecule is CCCNC(=O)COC(=O)/C=C/c1cn(-c2ccccc2)nc1-c1ccccc1OC. The fourth-order valence-electron chi connectivity index (χ4n) is 2.93. The van der Waals surface area contributed by atoms with Crippen molar-refractivity contribution in [2.24, 2.45) is 0 Å². The van der Waals surface area contributed by atoms with E-state index in [2.05, 4.69) is 5.32 Å². The number of aromatic nitrogens is 2. The molecule has 7 heteroatoms. The molecule has 31 heavy (non-hydrogen) atoms. The van der Waals surface area contributed by atoms with Gasteiger partial charge in [-0.3, -0.25) is 4.79 Å². The lowest BCUT2D eigenvalue weighted by Gasteiger charge is -2.06. The molecule has 0 radical (unpaired) electrons. The number of nitrogens with zero attached hydrogens (tertiary/aromatic N) is 2. The van der Waals surface area contributed by atoms with Gasteiger partial charge in [-0.2, -0.15) is 5.10 Å². The smallest absolute Gasteiger partial charge is 0.331 e. The number of para-hydroxylation sites is 2. The van der Waals surface area contributed by atoms with Crippen molar-refractivity contribution in [3.05, 3.63) is 72.4 Å². The number of carbonyl (C=O) groups excluding carboxylic acids is 2. The van der Waals surface area contributed by atoms with E-state index in [9.17, 15) is 9.59 Å². The van der Waals surface area contributed by atoms with E-state index < -0.39 is 5.97 Å². The Labute approximate surface area is 181 Å². The average molecular weight is 419 g/mol. The third kappa shape index (κ3) is 5.82. The highest BCUT2D eigenvalue weighted by molar-refractivity contribution is 5.90. The second-order valence-corrected chi connectivity index (χ2v) is 6.70. The topological polar surface area (TPSA) is 82.5 Å². The van der Waals surface area contributed by atoms with Crippen LogP contribution in [0.5, 0.6) is 5.75 Å². The molecule has 2 aromatic carbocycles. The van der Waals surface area contributed by atoms with Crippen molar-refractivity contribution < 1.29 is 19.1 Å². The molecule has 0 aliphatic heterocycles. The Morgan fingerprint density at radius 3 is 2.58 bits per heavy atom. The van der Waals surface area contributed by atoms with Crippen molar-refractivity contribution >= 4 is 18.0 Å². The summed E-state index contributed by atoms with van der Waals surface area (Å²) in [5.74, 6) is -0.258. The summed E-state index contributed by atoms with van der Waals surface area (Å²) in [4.78, 5) is 23.7. The molecule has 1 aromatic heterocycles. The number of hydrogen-bond acceptors (Lipinski definition) is 5. The monoisotopic (exact) mass is 419 g/mol. The first-order valence-electron chi connectivity index (χ1n) is 10.0. The lowest BCUT2D eigenvalue weighted by atomic mass is 10.1. The molecule has 0 aliphatic carbocycles. The molecule has 1 N–H and O–H groups in total. The van der Waals surface area contributed by atoms with Gasteiger partial charge in [0.1, 0.15) is 11.4 Å². The van der Waals surface area contributed by atoms with Gasteiger partial charge < -0.3 is 14.8 Å². The van der Waals surface area contributed by atoms with Crippen LogP contribution < -0.4 is 10.1 Å². The van der Waals surface area contributed by atoms with Crippen LogP contribution in [0, 0.1) is 0 Å². The maximum Gasteiger partial charge on any atom is 0.331 e. The number of ether oxygens (including phenoxy) is 2. The van der Waals surface area contributed by atoms with Gasteiger partial charge in [0.25, 0.3) is 5.91 Å². The molecule has 0 unspecified atom stereocenters. The van der Waals surface area contributed by atoms with Crippen LogP contribution in [0.3, 0.4) is 0 Å². The summed E-state index contributed by atoms with van der Waals surface area (Å²) in [7, 11) is 1.60. The van der Waals surface area contributed by atoms with Gasteiger partial charge in [-0.15, -0.1) is 0 Å². The van der Waals surface area contributed by atoms with Gasteiger partial charge in [0.15, 0.2) is 6.61 Å². The van der Waals surface area contributed by atoms with Crippen molar-refractivity contribution in [1.82, 2.24) is 15.1 Å². The van der Waals surface area contributed by atoms with E-state index in [1.165, 1.54) is 6.08 Å². The van der Waals surface area contributed by atoms with Gasteiger partial charge in [0.05, 0.1) is 12.8 Å². The number of benzene rings is 2. The summed E-state index contributed by atoms with van der Waals surface area (Å²) in [5, 5.41) is 7.37. The summed E-state index contributed by atoms with van der Waals surface area (Å²) >= 11 is 0. The first-order valence-corrected chi connectivity index (χ1v) is 10.0. The van der Waals surface area contributed by atoms with Gasteiger partial charge in [0, 0.05) is 29.9 Å². The fraction of sp³-hybridized carbons (Fsp3) is 0.208. The fourth-order valence-corrected chi connectivity index (χ4v) is 2.93. The van der Waals surface area contributed by atoms with Gasteiger partial charge in [-0.1, -0.05) is 37.3 Å². The Morgan fingerprint density at radius 1 is 1.10 bits per heavy atom. The van der Waals surface area contributed by atoms with Crippen molar-refractivity contribution in [1.29, 1.82) is 0 Å². The molecule has 0 bridgehead atoms. The molecule has 1 amide bonds. The summed E-state index contributed by atoms with van der Waals surface area (Å²) in [6.07, 6.45) is 5.56. The van der Waals surface area contributed by atoms with Crippen LogP contribution in [-0.4, -0.2) is 41.9 Å². The van der Waals surface area contributed by atoms with Crippen LogP contribution in [0.25, 0.3) is 23.0 Å². The Kier molecular flexibility index (Phi) is 7.59. The Bertz CT molecular complexity index is 1060. The van der Waals surface area contributed by atoms with E-state index in [4.69, 9.17) is 14.6 Å². The molecule has 0 spiro atoms. The van der Waals surface area contributed by atoms with Crippen molar-refractivity contribution in [3.8, 4) is 22.7 Å². The second-order valence-electron chi connectivity index (χ2n) is 6.70. The number of methoxy groups -OCH3 is 1. The van der Waals surface area contributed by atoms with Crippen LogP contribution in [-0.2, 0) is 14.3 Å². The minimum atomic E-state index is -0.606. The van der Waals surface area contributed by atoms with Crippen molar-refractivity contribution in [2.75, 3.05) is 20.3 Å². The van der Waals surface area contributed by atoms with Crippen LogP contribution in [0.4, 0.5) is 0 Å². The number of rotatable bonds is 9. The normalized spacial score (nSPS) is 10.8. The molecule has 1 heterocycles. The summed E-state index contributed by atoms with van der Waals surface area (Å²) in [5.41, 5.74) is 3.05. The number of esters is 1. The van der Waals surface area contributed by atoms with E-state index in [1.54, 1.807) is 17.9 Å². The Morgan fingerprint density at radius 2 is 1.84 bits per heavy atom. The zero-order valence-electron chi connectivity index (χ0n) is 17.6. The minimum Gasteiger partial charge on any atom is -0.496 e.